The molecule has 2 amide bonds. The van der Waals surface area contributed by atoms with Crippen LogP contribution in [0.5, 0.6) is 0 Å². The number of hydrogen-bond acceptors (Lipinski definition) is 3. The van der Waals surface area contributed by atoms with Crippen LogP contribution in [0.3, 0.4) is 0 Å². The molecule has 6 nitrogen and oxygen atoms in total. The highest BCUT2D eigenvalue weighted by Crippen LogP contribution is 2.25. The first-order valence-electron chi connectivity index (χ1n) is 11.7. The van der Waals surface area contributed by atoms with Gasteiger partial charge in [-0.3, -0.25) is 14.6 Å². The van der Waals surface area contributed by atoms with E-state index in [4.69, 9.17) is 0 Å². The van der Waals surface area contributed by atoms with Crippen molar-refractivity contribution in [3.05, 3.63) is 53.1 Å². The molecule has 0 atom stereocenters. The molecule has 6 heteroatoms. The van der Waals surface area contributed by atoms with Crippen LogP contribution >= 0.6 is 0 Å². The van der Waals surface area contributed by atoms with Crippen molar-refractivity contribution >= 4 is 11.8 Å². The fourth-order valence-electron chi connectivity index (χ4n) is 4.96. The topological polar surface area (TPSA) is 58.4 Å². The van der Waals surface area contributed by atoms with Gasteiger partial charge in [0.1, 0.15) is 0 Å². The predicted octanol–water partition coefficient (Wildman–Crippen LogP) is 3.80. The lowest BCUT2D eigenvalue weighted by molar-refractivity contribution is -0.136. The van der Waals surface area contributed by atoms with Gasteiger partial charge in [-0.25, -0.2) is 0 Å². The molecule has 0 aromatic carbocycles. The first kappa shape index (κ1) is 21.6. The summed E-state index contributed by atoms with van der Waals surface area (Å²) < 4.78 is 2.16. The van der Waals surface area contributed by atoms with Crippen molar-refractivity contribution in [2.45, 2.75) is 58.9 Å². The number of rotatable bonds is 4. The maximum Gasteiger partial charge on any atom is 0.255 e. The van der Waals surface area contributed by atoms with Crippen molar-refractivity contribution < 1.29 is 9.59 Å². The van der Waals surface area contributed by atoms with E-state index < -0.39 is 0 Å². The molecule has 4 rings (SSSR count). The number of nitrogens with zero attached hydrogens (tertiary/aromatic N) is 4. The molecule has 2 fully saturated rings. The zero-order valence-corrected chi connectivity index (χ0v) is 18.8. The summed E-state index contributed by atoms with van der Waals surface area (Å²) in [6.45, 7) is 7.84. The van der Waals surface area contributed by atoms with Gasteiger partial charge in [-0.15, -0.1) is 0 Å². The number of carbonyl (C=O) groups excluding carboxylic acids is 2. The van der Waals surface area contributed by atoms with Crippen LogP contribution in [-0.4, -0.2) is 57.3 Å². The molecule has 0 N–H and O–H groups in total. The Bertz CT molecular complexity index is 905. The van der Waals surface area contributed by atoms with E-state index in [1.54, 1.807) is 6.20 Å². The molecule has 2 saturated heterocycles. The smallest absolute Gasteiger partial charge is 0.255 e. The summed E-state index contributed by atoms with van der Waals surface area (Å²) in [5, 5.41) is 0. The van der Waals surface area contributed by atoms with Crippen LogP contribution in [0.25, 0.3) is 0 Å². The normalized spacial score (nSPS) is 18.1. The second-order valence-electron chi connectivity index (χ2n) is 9.00. The van der Waals surface area contributed by atoms with E-state index in [1.807, 2.05) is 43.0 Å². The molecule has 4 heterocycles. The average molecular weight is 423 g/mol. The quantitative estimate of drug-likeness (QED) is 0.753. The number of amides is 2. The molecular weight excluding hydrogens is 388 g/mol. The van der Waals surface area contributed by atoms with Crippen molar-refractivity contribution in [2.75, 3.05) is 26.2 Å². The Kier molecular flexibility index (Phi) is 6.73. The molecule has 0 spiro atoms. The minimum absolute atomic E-state index is 0.0683. The Hall–Kier alpha value is -2.63. The lowest BCUT2D eigenvalue weighted by Crippen LogP contribution is -2.44. The second-order valence-corrected chi connectivity index (χ2v) is 9.00. The van der Waals surface area contributed by atoms with E-state index in [-0.39, 0.29) is 11.8 Å². The van der Waals surface area contributed by atoms with Gasteiger partial charge in [-0.2, -0.15) is 0 Å². The predicted molar refractivity (Wildman–Crippen MR) is 121 cm³/mol. The van der Waals surface area contributed by atoms with Crippen LogP contribution < -0.4 is 0 Å². The largest absolute Gasteiger partial charge is 0.342 e. The molecule has 0 bridgehead atoms. The van der Waals surface area contributed by atoms with Crippen molar-refractivity contribution in [3.63, 3.8) is 0 Å². The van der Waals surface area contributed by atoms with E-state index in [9.17, 15) is 9.59 Å². The van der Waals surface area contributed by atoms with Crippen LogP contribution in [0.15, 0.2) is 30.5 Å². The van der Waals surface area contributed by atoms with Gasteiger partial charge in [0.25, 0.3) is 5.91 Å². The van der Waals surface area contributed by atoms with Gasteiger partial charge in [0.15, 0.2) is 0 Å². The zero-order chi connectivity index (χ0) is 21.8. The Morgan fingerprint density at radius 2 is 1.68 bits per heavy atom. The summed E-state index contributed by atoms with van der Waals surface area (Å²) in [6, 6.07) is 7.90. The molecule has 31 heavy (non-hydrogen) atoms. The molecule has 0 saturated carbocycles. The van der Waals surface area contributed by atoms with Gasteiger partial charge in [0, 0.05) is 49.7 Å². The molecular formula is C25H34N4O2. The fraction of sp³-hybridized carbons (Fsp3) is 0.560. The van der Waals surface area contributed by atoms with Gasteiger partial charge in [-0.05, 0) is 57.7 Å². The Morgan fingerprint density at radius 3 is 2.32 bits per heavy atom. The van der Waals surface area contributed by atoms with Crippen LogP contribution in [0, 0.1) is 19.8 Å². The molecule has 0 radical (unpaired) electrons. The molecule has 2 aliphatic rings. The minimum Gasteiger partial charge on any atom is -0.342 e. The lowest BCUT2D eigenvalue weighted by Gasteiger charge is -2.34. The van der Waals surface area contributed by atoms with Crippen LogP contribution in [0.4, 0.5) is 0 Å². The first-order chi connectivity index (χ1) is 15.0. The van der Waals surface area contributed by atoms with E-state index in [1.165, 1.54) is 12.8 Å². The van der Waals surface area contributed by atoms with Crippen LogP contribution in [0.2, 0.25) is 0 Å². The van der Waals surface area contributed by atoms with Crippen molar-refractivity contribution in [1.82, 2.24) is 19.4 Å². The number of pyridine rings is 1. The van der Waals surface area contributed by atoms with Crippen molar-refractivity contribution in [3.8, 4) is 0 Å². The van der Waals surface area contributed by atoms with Crippen LogP contribution in [-0.2, 0) is 11.3 Å². The highest BCUT2D eigenvalue weighted by atomic mass is 16.2. The highest BCUT2D eigenvalue weighted by molar-refractivity contribution is 5.96. The van der Waals surface area contributed by atoms with Gasteiger partial charge in [0.2, 0.25) is 5.91 Å². The summed E-state index contributed by atoms with van der Waals surface area (Å²) in [7, 11) is 0. The van der Waals surface area contributed by atoms with Gasteiger partial charge in [0.05, 0.1) is 17.8 Å². The SMILES string of the molecule is Cc1cc(C(=O)N2CCC(C(=O)N3CCCCCC3)CC2)c(C)n1Cc1ccccn1. The van der Waals surface area contributed by atoms with Gasteiger partial charge in [-0.1, -0.05) is 18.9 Å². The standard InChI is InChI=1S/C25H34N4O2/c1-19-17-23(20(2)29(19)18-22-9-5-6-12-26-22)25(31)28-15-10-21(11-16-28)24(30)27-13-7-3-4-8-14-27/h5-6,9,12,17,21H,3-4,7-8,10-11,13-16,18H2,1-2H3. The number of aryl methyl sites for hydroxylation is 1. The zero-order valence-electron chi connectivity index (χ0n) is 18.8. The average Bonchev–Trinajstić information content (AvgIpc) is 2.98. The summed E-state index contributed by atoms with van der Waals surface area (Å²) >= 11 is 0. The summed E-state index contributed by atoms with van der Waals surface area (Å²) in [5.74, 6) is 0.460. The number of aromatic nitrogens is 2. The van der Waals surface area contributed by atoms with E-state index in [2.05, 4.69) is 14.5 Å². The monoisotopic (exact) mass is 422 g/mol. The number of hydrogen-bond donors (Lipinski definition) is 0. The maximum atomic E-state index is 13.3. The number of piperidine rings is 1. The highest BCUT2D eigenvalue weighted by Gasteiger charge is 2.31. The first-order valence-corrected chi connectivity index (χ1v) is 11.7. The summed E-state index contributed by atoms with van der Waals surface area (Å²) in [4.78, 5) is 34.6. The van der Waals surface area contributed by atoms with Crippen molar-refractivity contribution in [1.29, 1.82) is 0 Å². The molecule has 2 aromatic heterocycles. The fourth-order valence-corrected chi connectivity index (χ4v) is 4.96. The van der Waals surface area contributed by atoms with Gasteiger partial charge < -0.3 is 14.4 Å². The minimum atomic E-state index is 0.0683. The van der Waals surface area contributed by atoms with Crippen LogP contribution in [0.1, 0.15) is 66.0 Å². The molecule has 166 valence electrons. The molecule has 2 aliphatic heterocycles. The summed E-state index contributed by atoms with van der Waals surface area (Å²) in [5.41, 5.74) is 3.80. The Morgan fingerprint density at radius 1 is 0.968 bits per heavy atom. The van der Waals surface area contributed by atoms with E-state index in [0.29, 0.717) is 25.5 Å². The third-order valence-electron chi connectivity index (χ3n) is 6.90. The maximum absolute atomic E-state index is 13.3. The van der Waals surface area contributed by atoms with E-state index in [0.717, 1.165) is 61.4 Å². The lowest BCUT2D eigenvalue weighted by atomic mass is 9.94. The second kappa shape index (κ2) is 9.67. The third kappa shape index (κ3) is 4.83. The number of carbonyl (C=O) groups is 2. The molecule has 0 aliphatic carbocycles. The van der Waals surface area contributed by atoms with E-state index >= 15 is 0 Å². The van der Waals surface area contributed by atoms with Gasteiger partial charge >= 0.3 is 0 Å². The summed E-state index contributed by atoms with van der Waals surface area (Å²) in [6.07, 6.45) is 8.05. The molecule has 2 aromatic rings. The number of likely N-dealkylation sites (tertiary alicyclic amines) is 2. The van der Waals surface area contributed by atoms with Crippen molar-refractivity contribution in [2.24, 2.45) is 5.92 Å². The molecule has 0 unspecified atom stereocenters. The Labute approximate surface area is 185 Å². The Balaban J connectivity index is 1.38. The third-order valence-corrected chi connectivity index (χ3v) is 6.90.